The van der Waals surface area contributed by atoms with Gasteiger partial charge in [-0.15, -0.1) is 0 Å². The SMILES string of the molecule is CC(=CC(=O)NCC(=O)Nc1ccc(Br)cc1C)C1CC1. The van der Waals surface area contributed by atoms with Crippen LogP contribution >= 0.6 is 15.9 Å². The molecule has 0 aliphatic heterocycles. The zero-order chi connectivity index (χ0) is 15.4. The van der Waals surface area contributed by atoms with Crippen LogP contribution in [0.2, 0.25) is 0 Å². The Kier molecular flexibility index (Phi) is 5.17. The zero-order valence-corrected chi connectivity index (χ0v) is 13.8. The van der Waals surface area contributed by atoms with E-state index in [2.05, 4.69) is 26.6 Å². The summed E-state index contributed by atoms with van der Waals surface area (Å²) in [6, 6.07) is 5.62. The molecule has 1 aromatic carbocycles. The van der Waals surface area contributed by atoms with Crippen LogP contribution in [0.1, 0.15) is 25.3 Å². The maximum absolute atomic E-state index is 11.8. The summed E-state index contributed by atoms with van der Waals surface area (Å²) in [6.45, 7) is 3.85. The van der Waals surface area contributed by atoms with Crippen LogP contribution in [-0.2, 0) is 9.59 Å². The molecule has 112 valence electrons. The van der Waals surface area contributed by atoms with E-state index in [0.717, 1.165) is 21.3 Å². The topological polar surface area (TPSA) is 58.2 Å². The first kappa shape index (κ1) is 15.8. The molecule has 0 saturated heterocycles. The number of allylic oxidation sites excluding steroid dienone is 1. The third-order valence-corrected chi connectivity index (χ3v) is 3.96. The Morgan fingerprint density at radius 2 is 2.10 bits per heavy atom. The van der Waals surface area contributed by atoms with Gasteiger partial charge in [0.15, 0.2) is 0 Å². The molecule has 1 aliphatic rings. The molecule has 0 unspecified atom stereocenters. The van der Waals surface area contributed by atoms with Crippen LogP contribution in [0, 0.1) is 12.8 Å². The molecule has 0 atom stereocenters. The van der Waals surface area contributed by atoms with Gasteiger partial charge in [0.05, 0.1) is 6.54 Å². The van der Waals surface area contributed by atoms with Crippen molar-refractivity contribution in [1.29, 1.82) is 0 Å². The van der Waals surface area contributed by atoms with Gasteiger partial charge in [-0.1, -0.05) is 21.5 Å². The number of rotatable bonds is 5. The minimum atomic E-state index is -0.230. The average Bonchev–Trinajstić information content (AvgIpc) is 3.24. The molecular weight excluding hydrogens is 332 g/mol. The van der Waals surface area contributed by atoms with Crippen LogP contribution in [0.25, 0.3) is 0 Å². The fourth-order valence-electron chi connectivity index (χ4n) is 2.04. The van der Waals surface area contributed by atoms with E-state index in [1.165, 1.54) is 12.8 Å². The molecule has 0 spiro atoms. The quantitative estimate of drug-likeness (QED) is 0.801. The van der Waals surface area contributed by atoms with E-state index in [4.69, 9.17) is 0 Å². The summed E-state index contributed by atoms with van der Waals surface area (Å²) >= 11 is 3.38. The highest BCUT2D eigenvalue weighted by Crippen LogP contribution is 2.35. The molecular formula is C16H19BrN2O2. The summed E-state index contributed by atoms with van der Waals surface area (Å²) < 4.78 is 0.965. The molecule has 1 fully saturated rings. The summed E-state index contributed by atoms with van der Waals surface area (Å²) in [6.07, 6.45) is 3.92. The van der Waals surface area contributed by atoms with Gasteiger partial charge in [-0.05, 0) is 56.4 Å². The van der Waals surface area contributed by atoms with E-state index < -0.39 is 0 Å². The molecule has 0 aromatic heterocycles. The lowest BCUT2D eigenvalue weighted by Crippen LogP contribution is -2.32. The van der Waals surface area contributed by atoms with E-state index in [0.29, 0.717) is 5.92 Å². The van der Waals surface area contributed by atoms with Gasteiger partial charge in [-0.2, -0.15) is 0 Å². The van der Waals surface area contributed by atoms with Gasteiger partial charge >= 0.3 is 0 Å². The van der Waals surface area contributed by atoms with Crippen LogP contribution < -0.4 is 10.6 Å². The van der Waals surface area contributed by atoms with Crippen LogP contribution in [0.3, 0.4) is 0 Å². The lowest BCUT2D eigenvalue weighted by atomic mass is 10.2. The molecule has 4 nitrogen and oxygen atoms in total. The first-order valence-electron chi connectivity index (χ1n) is 6.97. The Balaban J connectivity index is 1.81. The lowest BCUT2D eigenvalue weighted by Gasteiger charge is -2.09. The predicted molar refractivity (Wildman–Crippen MR) is 87.0 cm³/mol. The molecule has 0 heterocycles. The van der Waals surface area contributed by atoms with Gasteiger partial charge in [0.25, 0.3) is 0 Å². The summed E-state index contributed by atoms with van der Waals surface area (Å²) in [7, 11) is 0. The van der Waals surface area contributed by atoms with Crippen LogP contribution in [0.4, 0.5) is 5.69 Å². The number of anilines is 1. The number of benzene rings is 1. The van der Waals surface area contributed by atoms with Crippen molar-refractivity contribution in [3.8, 4) is 0 Å². The highest BCUT2D eigenvalue weighted by molar-refractivity contribution is 9.10. The normalized spacial score (nSPS) is 14.7. The largest absolute Gasteiger partial charge is 0.343 e. The Morgan fingerprint density at radius 3 is 2.71 bits per heavy atom. The standard InChI is InChI=1S/C16H19BrN2O2/c1-10(12-3-4-12)8-15(20)18-9-16(21)19-14-6-5-13(17)7-11(14)2/h5-8,12H,3-4,9H2,1-2H3,(H,18,20)(H,19,21). The molecule has 2 N–H and O–H groups in total. The number of carbonyl (C=O) groups excluding carboxylic acids is 2. The third-order valence-electron chi connectivity index (χ3n) is 3.47. The molecule has 2 amide bonds. The van der Waals surface area contributed by atoms with Crippen molar-refractivity contribution in [2.45, 2.75) is 26.7 Å². The zero-order valence-electron chi connectivity index (χ0n) is 12.2. The average molecular weight is 351 g/mol. The Bertz CT molecular complexity index is 592. The van der Waals surface area contributed by atoms with Gasteiger partial charge in [0, 0.05) is 16.2 Å². The number of halogens is 1. The second kappa shape index (κ2) is 6.89. The monoisotopic (exact) mass is 350 g/mol. The molecule has 2 rings (SSSR count). The number of hydrogen-bond acceptors (Lipinski definition) is 2. The maximum Gasteiger partial charge on any atom is 0.244 e. The highest BCUT2D eigenvalue weighted by atomic mass is 79.9. The smallest absolute Gasteiger partial charge is 0.244 e. The molecule has 5 heteroatoms. The van der Waals surface area contributed by atoms with Crippen molar-refractivity contribution in [1.82, 2.24) is 5.32 Å². The van der Waals surface area contributed by atoms with Crippen molar-refractivity contribution in [3.05, 3.63) is 39.9 Å². The van der Waals surface area contributed by atoms with E-state index in [1.807, 2.05) is 32.0 Å². The Hall–Kier alpha value is -1.62. The van der Waals surface area contributed by atoms with Gasteiger partial charge in [-0.25, -0.2) is 0 Å². The van der Waals surface area contributed by atoms with Crippen molar-refractivity contribution in [2.24, 2.45) is 5.92 Å². The first-order chi connectivity index (χ1) is 9.95. The van der Waals surface area contributed by atoms with Crippen LogP contribution in [-0.4, -0.2) is 18.4 Å². The van der Waals surface area contributed by atoms with Gasteiger partial charge in [0.2, 0.25) is 11.8 Å². The Labute approximate surface area is 133 Å². The fourth-order valence-corrected chi connectivity index (χ4v) is 2.52. The summed E-state index contributed by atoms with van der Waals surface area (Å²) in [5.74, 6) is 0.128. The molecule has 1 aromatic rings. The summed E-state index contributed by atoms with van der Waals surface area (Å²) in [4.78, 5) is 23.5. The van der Waals surface area contributed by atoms with E-state index >= 15 is 0 Å². The van der Waals surface area contributed by atoms with E-state index in [-0.39, 0.29) is 18.4 Å². The fraction of sp³-hybridized carbons (Fsp3) is 0.375. The number of aryl methyl sites for hydroxylation is 1. The van der Waals surface area contributed by atoms with Gasteiger partial charge < -0.3 is 10.6 Å². The highest BCUT2D eigenvalue weighted by Gasteiger charge is 2.23. The molecule has 21 heavy (non-hydrogen) atoms. The van der Waals surface area contributed by atoms with Gasteiger partial charge in [-0.3, -0.25) is 9.59 Å². The van der Waals surface area contributed by atoms with Crippen LogP contribution in [0.5, 0.6) is 0 Å². The second-order valence-electron chi connectivity index (χ2n) is 5.39. The van der Waals surface area contributed by atoms with E-state index in [1.54, 1.807) is 6.08 Å². The maximum atomic E-state index is 11.8. The summed E-state index contributed by atoms with van der Waals surface area (Å²) in [5.41, 5.74) is 2.81. The van der Waals surface area contributed by atoms with Crippen molar-refractivity contribution < 1.29 is 9.59 Å². The van der Waals surface area contributed by atoms with Crippen molar-refractivity contribution in [2.75, 3.05) is 11.9 Å². The number of hydrogen-bond donors (Lipinski definition) is 2. The first-order valence-corrected chi connectivity index (χ1v) is 7.77. The minimum absolute atomic E-state index is 0.0250. The predicted octanol–water partition coefficient (Wildman–Crippen LogP) is 3.17. The van der Waals surface area contributed by atoms with Crippen molar-refractivity contribution >= 4 is 33.4 Å². The Morgan fingerprint density at radius 1 is 1.38 bits per heavy atom. The minimum Gasteiger partial charge on any atom is -0.343 e. The third kappa shape index (κ3) is 5.01. The molecule has 1 saturated carbocycles. The second-order valence-corrected chi connectivity index (χ2v) is 6.30. The van der Waals surface area contributed by atoms with Gasteiger partial charge in [0.1, 0.15) is 0 Å². The van der Waals surface area contributed by atoms with E-state index in [9.17, 15) is 9.59 Å². The molecule has 1 aliphatic carbocycles. The molecule has 0 bridgehead atoms. The number of amides is 2. The van der Waals surface area contributed by atoms with Crippen LogP contribution in [0.15, 0.2) is 34.3 Å². The lowest BCUT2D eigenvalue weighted by molar-refractivity contribution is -0.121. The summed E-state index contributed by atoms with van der Waals surface area (Å²) in [5, 5.41) is 5.40. The van der Waals surface area contributed by atoms with Crippen molar-refractivity contribution in [3.63, 3.8) is 0 Å². The number of carbonyl (C=O) groups is 2. The number of nitrogens with one attached hydrogen (secondary N) is 2. The molecule has 0 radical (unpaired) electrons.